The summed E-state index contributed by atoms with van der Waals surface area (Å²) in [5.74, 6) is 0.144. The highest BCUT2D eigenvalue weighted by atomic mass is 19.4. The Hall–Kier alpha value is -1.99. The summed E-state index contributed by atoms with van der Waals surface area (Å²) in [7, 11) is 1.94. The van der Waals surface area contributed by atoms with Crippen molar-refractivity contribution in [3.63, 3.8) is 0 Å². The second kappa shape index (κ2) is 5.33. The van der Waals surface area contributed by atoms with Crippen LogP contribution < -0.4 is 15.1 Å². The maximum Gasteiger partial charge on any atom is 0.390 e. The van der Waals surface area contributed by atoms with Crippen molar-refractivity contribution < 1.29 is 18.0 Å². The minimum Gasteiger partial charge on any atom is -0.366 e. The monoisotopic (exact) mass is 314 g/mol. The fraction of sp³-hybridized carbons (Fsp3) is 0.571. The zero-order chi connectivity index (χ0) is 15.9. The average molecular weight is 314 g/mol. The number of pyridine rings is 1. The Morgan fingerprint density at radius 3 is 2.95 bits per heavy atom. The van der Waals surface area contributed by atoms with Crippen LogP contribution in [0, 0.1) is 0 Å². The topological polar surface area (TPSA) is 48.5 Å². The Bertz CT molecular complexity index is 590. The highest BCUT2D eigenvalue weighted by molar-refractivity contribution is 5.93. The van der Waals surface area contributed by atoms with Gasteiger partial charge in [0, 0.05) is 32.7 Å². The molecule has 2 aliphatic rings. The van der Waals surface area contributed by atoms with Crippen LogP contribution in [0.25, 0.3) is 0 Å². The van der Waals surface area contributed by atoms with Crippen LogP contribution in [-0.4, -0.2) is 49.8 Å². The molecule has 0 spiro atoms. The lowest BCUT2D eigenvalue weighted by Crippen LogP contribution is -2.40. The zero-order valence-electron chi connectivity index (χ0n) is 12.2. The summed E-state index contributed by atoms with van der Waals surface area (Å²) < 4.78 is 36.3. The Kier molecular flexibility index (Phi) is 3.62. The maximum atomic E-state index is 12.1. The summed E-state index contributed by atoms with van der Waals surface area (Å²) >= 11 is 0. The summed E-state index contributed by atoms with van der Waals surface area (Å²) in [6.45, 7) is 1.47. The highest BCUT2D eigenvalue weighted by Gasteiger charge is 2.35. The molecule has 1 aromatic heterocycles. The second-order valence-electron chi connectivity index (χ2n) is 5.66. The molecular weight excluding hydrogens is 297 g/mol. The van der Waals surface area contributed by atoms with Crippen molar-refractivity contribution in [2.45, 2.75) is 25.1 Å². The van der Waals surface area contributed by atoms with Crippen molar-refractivity contribution in [1.82, 2.24) is 10.3 Å². The van der Waals surface area contributed by atoms with Crippen LogP contribution in [0.3, 0.4) is 0 Å². The van der Waals surface area contributed by atoms with E-state index < -0.39 is 25.0 Å². The van der Waals surface area contributed by atoms with E-state index >= 15 is 0 Å². The summed E-state index contributed by atoms with van der Waals surface area (Å²) in [6.07, 6.45) is -4.28. The molecular formula is C14H17F3N4O. The fourth-order valence-corrected chi connectivity index (χ4v) is 2.93. The highest BCUT2D eigenvalue weighted by Crippen LogP contribution is 2.37. The molecule has 1 saturated heterocycles. The summed E-state index contributed by atoms with van der Waals surface area (Å²) in [5.41, 5.74) is 1.12. The number of amides is 1. The lowest BCUT2D eigenvalue weighted by Gasteiger charge is -2.34. The van der Waals surface area contributed by atoms with Crippen molar-refractivity contribution in [3.8, 4) is 0 Å². The van der Waals surface area contributed by atoms with Gasteiger partial charge in [-0.3, -0.25) is 4.79 Å². The lowest BCUT2D eigenvalue weighted by atomic mass is 10.2. The van der Waals surface area contributed by atoms with Gasteiger partial charge in [-0.1, -0.05) is 0 Å². The molecule has 1 N–H and O–H groups in total. The van der Waals surface area contributed by atoms with Gasteiger partial charge >= 0.3 is 6.18 Å². The number of nitrogens with zero attached hydrogens (tertiary/aromatic N) is 3. The van der Waals surface area contributed by atoms with Gasteiger partial charge in [0.1, 0.15) is 5.69 Å². The molecule has 0 saturated carbocycles. The van der Waals surface area contributed by atoms with Crippen molar-refractivity contribution in [3.05, 3.63) is 17.8 Å². The van der Waals surface area contributed by atoms with Gasteiger partial charge in [-0.25, -0.2) is 4.98 Å². The molecule has 8 heteroatoms. The molecule has 0 aliphatic carbocycles. The van der Waals surface area contributed by atoms with E-state index in [0.717, 1.165) is 31.0 Å². The lowest BCUT2D eigenvalue weighted by molar-refractivity contribution is -0.132. The van der Waals surface area contributed by atoms with E-state index in [2.05, 4.69) is 15.2 Å². The number of fused-ring (bicyclic) bond motifs is 4. The molecule has 3 heterocycles. The first kappa shape index (κ1) is 14.9. The molecule has 2 aliphatic heterocycles. The number of carbonyl (C=O) groups excluding carboxylic acids is 1. The quantitative estimate of drug-likeness (QED) is 0.924. The van der Waals surface area contributed by atoms with E-state index in [4.69, 9.17) is 0 Å². The SMILES string of the molecule is CN1c2nc(C(=O)NCCC(F)(F)F)ccc2N2CCC1C2. The average Bonchev–Trinajstić information content (AvgIpc) is 2.89. The van der Waals surface area contributed by atoms with Crippen molar-refractivity contribution >= 4 is 17.4 Å². The van der Waals surface area contributed by atoms with Gasteiger partial charge in [0.05, 0.1) is 12.1 Å². The van der Waals surface area contributed by atoms with Gasteiger partial charge in [-0.05, 0) is 18.6 Å². The number of alkyl halides is 3. The largest absolute Gasteiger partial charge is 0.390 e. The number of aromatic nitrogens is 1. The number of halogens is 3. The molecule has 0 aromatic carbocycles. The number of hydrogen-bond donors (Lipinski definition) is 1. The minimum absolute atomic E-state index is 0.148. The molecule has 1 unspecified atom stereocenters. The molecule has 3 rings (SSSR count). The standard InChI is InChI=1S/C14H17F3N4O/c1-20-9-4-7-21(8-9)11-3-2-10(19-12(11)20)13(22)18-6-5-14(15,16)17/h2-3,9H,4-8H2,1H3,(H,18,22). The van der Waals surface area contributed by atoms with Gasteiger partial charge in [-0.15, -0.1) is 0 Å². The minimum atomic E-state index is -4.27. The smallest absolute Gasteiger partial charge is 0.366 e. The Morgan fingerprint density at radius 2 is 2.23 bits per heavy atom. The molecule has 2 bridgehead atoms. The van der Waals surface area contributed by atoms with Crippen LogP contribution in [0.4, 0.5) is 24.7 Å². The Balaban J connectivity index is 1.72. The first-order chi connectivity index (χ1) is 10.3. The zero-order valence-corrected chi connectivity index (χ0v) is 12.2. The van der Waals surface area contributed by atoms with Gasteiger partial charge in [0.2, 0.25) is 0 Å². The van der Waals surface area contributed by atoms with Gasteiger partial charge in [0.15, 0.2) is 5.82 Å². The van der Waals surface area contributed by atoms with Crippen molar-refractivity contribution in [2.75, 3.05) is 36.5 Å². The fourth-order valence-electron chi connectivity index (χ4n) is 2.93. The van der Waals surface area contributed by atoms with Crippen molar-refractivity contribution in [2.24, 2.45) is 0 Å². The van der Waals surface area contributed by atoms with Crippen molar-refractivity contribution in [1.29, 1.82) is 0 Å². The third-order valence-electron chi connectivity index (χ3n) is 4.17. The van der Waals surface area contributed by atoms with Crippen LogP contribution in [0.1, 0.15) is 23.3 Å². The number of nitrogens with one attached hydrogen (secondary N) is 1. The van der Waals surface area contributed by atoms with E-state index in [1.807, 2.05) is 18.0 Å². The molecule has 5 nitrogen and oxygen atoms in total. The summed E-state index contributed by atoms with van der Waals surface area (Å²) in [5, 5.41) is 2.26. The molecule has 120 valence electrons. The van der Waals surface area contributed by atoms with Gasteiger partial charge in [-0.2, -0.15) is 13.2 Å². The Morgan fingerprint density at radius 1 is 1.45 bits per heavy atom. The van der Waals surface area contributed by atoms with E-state index in [-0.39, 0.29) is 5.69 Å². The van der Waals surface area contributed by atoms with E-state index in [9.17, 15) is 18.0 Å². The number of carbonyl (C=O) groups is 1. The summed E-state index contributed by atoms with van der Waals surface area (Å²) in [6, 6.07) is 3.76. The predicted octanol–water partition coefficient (Wildman–Crippen LogP) is 1.79. The first-order valence-electron chi connectivity index (χ1n) is 7.19. The molecule has 0 radical (unpaired) electrons. The molecule has 1 atom stereocenters. The van der Waals surface area contributed by atoms with E-state index in [0.29, 0.717) is 6.04 Å². The van der Waals surface area contributed by atoms with Crippen LogP contribution in [0.5, 0.6) is 0 Å². The van der Waals surface area contributed by atoms with Gasteiger partial charge in [0.25, 0.3) is 5.91 Å². The molecule has 1 amide bonds. The van der Waals surface area contributed by atoms with Crippen LogP contribution in [0.2, 0.25) is 0 Å². The maximum absolute atomic E-state index is 12.1. The third kappa shape index (κ3) is 2.82. The van der Waals surface area contributed by atoms with Crippen LogP contribution in [-0.2, 0) is 0 Å². The van der Waals surface area contributed by atoms with Crippen LogP contribution in [0.15, 0.2) is 12.1 Å². The van der Waals surface area contributed by atoms with Crippen LogP contribution >= 0.6 is 0 Å². The van der Waals surface area contributed by atoms with E-state index in [1.54, 1.807) is 6.07 Å². The number of likely N-dealkylation sites (N-methyl/N-ethyl adjacent to an activating group) is 1. The predicted molar refractivity (Wildman–Crippen MR) is 76.3 cm³/mol. The number of anilines is 2. The third-order valence-corrected chi connectivity index (χ3v) is 4.17. The molecule has 1 aromatic rings. The molecule has 1 fully saturated rings. The summed E-state index contributed by atoms with van der Waals surface area (Å²) in [4.78, 5) is 20.5. The number of rotatable bonds is 3. The second-order valence-corrected chi connectivity index (χ2v) is 5.66. The van der Waals surface area contributed by atoms with Gasteiger partial charge < -0.3 is 15.1 Å². The number of hydrogen-bond acceptors (Lipinski definition) is 4. The first-order valence-corrected chi connectivity index (χ1v) is 7.19. The van der Waals surface area contributed by atoms with E-state index in [1.165, 1.54) is 0 Å². The Labute approximate surface area is 126 Å². The molecule has 22 heavy (non-hydrogen) atoms. The normalized spacial score (nSPS) is 20.1.